The van der Waals surface area contributed by atoms with Gasteiger partial charge in [0.25, 0.3) is 0 Å². The summed E-state index contributed by atoms with van der Waals surface area (Å²) in [6, 6.07) is 0.217. The van der Waals surface area contributed by atoms with E-state index in [1.807, 2.05) is 17.9 Å². The first kappa shape index (κ1) is 13.9. The minimum atomic E-state index is 0.217. The molecule has 6 nitrogen and oxygen atoms in total. The van der Waals surface area contributed by atoms with Crippen LogP contribution in [-0.2, 0) is 7.05 Å². The lowest BCUT2D eigenvalue weighted by Gasteiger charge is -2.34. The molecule has 0 bridgehead atoms. The molecule has 0 radical (unpaired) electrons. The van der Waals surface area contributed by atoms with Gasteiger partial charge in [0.05, 0.1) is 12.2 Å². The van der Waals surface area contributed by atoms with Gasteiger partial charge in [0, 0.05) is 19.2 Å². The van der Waals surface area contributed by atoms with E-state index in [9.17, 15) is 0 Å². The maximum atomic E-state index is 5.48. The maximum Gasteiger partial charge on any atom is 0.243 e. The van der Waals surface area contributed by atoms with E-state index < -0.39 is 0 Å². The molecule has 1 saturated carbocycles. The summed E-state index contributed by atoms with van der Waals surface area (Å²) in [5, 5.41) is 8.42. The molecule has 0 spiro atoms. The number of likely N-dealkylation sites (tertiary alicyclic amines) is 1. The number of rotatable bonds is 4. The fraction of sp³-hybridized carbons (Fsp3) is 0.688. The minimum Gasteiger partial charge on any atom is -0.338 e. The Morgan fingerprint density at radius 3 is 2.59 bits per heavy atom. The predicted molar refractivity (Wildman–Crippen MR) is 81.4 cm³/mol. The quantitative estimate of drug-likeness (QED) is 0.869. The van der Waals surface area contributed by atoms with Gasteiger partial charge in [-0.25, -0.2) is 0 Å². The van der Waals surface area contributed by atoms with E-state index in [1.165, 1.54) is 31.2 Å². The normalized spacial score (nSPS) is 22.1. The highest BCUT2D eigenvalue weighted by molar-refractivity contribution is 5.12. The molecule has 4 rings (SSSR count). The van der Waals surface area contributed by atoms with Crippen LogP contribution in [0, 0.1) is 0 Å². The van der Waals surface area contributed by atoms with Crippen molar-refractivity contribution in [2.75, 3.05) is 13.1 Å². The molecule has 1 atom stereocenters. The topological polar surface area (TPSA) is 60.0 Å². The first-order valence-electron chi connectivity index (χ1n) is 8.27. The Balaban J connectivity index is 1.37. The Hall–Kier alpha value is -1.69. The number of aromatic nitrogens is 4. The standard InChI is InChI=1S/C16H23N5O/c1-11(16-18-15(19-22-16)13-3-4-13)21-7-5-12(6-8-21)14-9-17-20(2)10-14/h9-13H,3-8H2,1-2H3. The molecule has 2 aliphatic rings. The molecule has 2 fully saturated rings. The van der Waals surface area contributed by atoms with E-state index in [4.69, 9.17) is 4.52 Å². The third-order valence-electron chi connectivity index (χ3n) is 5.03. The van der Waals surface area contributed by atoms with Gasteiger partial charge in [0.15, 0.2) is 5.82 Å². The lowest BCUT2D eigenvalue weighted by Crippen LogP contribution is -2.35. The van der Waals surface area contributed by atoms with E-state index in [2.05, 4.69) is 33.3 Å². The first-order chi connectivity index (χ1) is 10.7. The second kappa shape index (κ2) is 5.50. The Morgan fingerprint density at radius 2 is 1.95 bits per heavy atom. The molecule has 1 aliphatic heterocycles. The summed E-state index contributed by atoms with van der Waals surface area (Å²) >= 11 is 0. The summed E-state index contributed by atoms with van der Waals surface area (Å²) in [7, 11) is 1.98. The zero-order valence-corrected chi connectivity index (χ0v) is 13.3. The maximum absolute atomic E-state index is 5.48. The van der Waals surface area contributed by atoms with Crippen molar-refractivity contribution < 1.29 is 4.52 Å². The molecule has 22 heavy (non-hydrogen) atoms. The van der Waals surface area contributed by atoms with Crippen LogP contribution >= 0.6 is 0 Å². The minimum absolute atomic E-state index is 0.217. The van der Waals surface area contributed by atoms with E-state index in [1.54, 1.807) is 0 Å². The molecule has 1 aliphatic carbocycles. The Labute approximate surface area is 130 Å². The monoisotopic (exact) mass is 301 g/mol. The van der Waals surface area contributed by atoms with Crippen molar-refractivity contribution in [3.05, 3.63) is 29.7 Å². The zero-order chi connectivity index (χ0) is 15.1. The van der Waals surface area contributed by atoms with Crippen LogP contribution in [0.25, 0.3) is 0 Å². The van der Waals surface area contributed by atoms with Crippen LogP contribution in [0.5, 0.6) is 0 Å². The highest BCUT2D eigenvalue weighted by Crippen LogP contribution is 2.39. The average Bonchev–Trinajstić information content (AvgIpc) is 3.11. The summed E-state index contributed by atoms with van der Waals surface area (Å²) in [6.07, 6.45) is 8.90. The van der Waals surface area contributed by atoms with Crippen molar-refractivity contribution in [2.24, 2.45) is 7.05 Å². The summed E-state index contributed by atoms with van der Waals surface area (Å²) in [5.74, 6) is 2.87. The van der Waals surface area contributed by atoms with Gasteiger partial charge < -0.3 is 4.52 Å². The smallest absolute Gasteiger partial charge is 0.243 e. The third-order valence-corrected chi connectivity index (χ3v) is 5.03. The number of hydrogen-bond donors (Lipinski definition) is 0. The molecule has 118 valence electrons. The molecule has 0 N–H and O–H groups in total. The number of aryl methyl sites for hydroxylation is 1. The van der Waals surface area contributed by atoms with Crippen molar-refractivity contribution in [3.8, 4) is 0 Å². The summed E-state index contributed by atoms with van der Waals surface area (Å²) in [5.41, 5.74) is 1.36. The van der Waals surface area contributed by atoms with E-state index in [0.29, 0.717) is 11.8 Å². The largest absolute Gasteiger partial charge is 0.338 e. The van der Waals surface area contributed by atoms with E-state index in [0.717, 1.165) is 24.8 Å². The summed E-state index contributed by atoms with van der Waals surface area (Å²) in [6.45, 7) is 4.32. The molecule has 3 heterocycles. The summed E-state index contributed by atoms with van der Waals surface area (Å²) in [4.78, 5) is 7.05. The summed E-state index contributed by atoms with van der Waals surface area (Å²) < 4.78 is 7.37. The van der Waals surface area contributed by atoms with Crippen molar-refractivity contribution in [3.63, 3.8) is 0 Å². The second-order valence-corrected chi connectivity index (χ2v) is 6.70. The van der Waals surface area contributed by atoms with Crippen molar-refractivity contribution in [1.29, 1.82) is 0 Å². The zero-order valence-electron chi connectivity index (χ0n) is 13.3. The van der Waals surface area contributed by atoms with Gasteiger partial charge in [-0.1, -0.05) is 5.16 Å². The highest BCUT2D eigenvalue weighted by atomic mass is 16.5. The molecule has 0 amide bonds. The number of hydrogen-bond acceptors (Lipinski definition) is 5. The molecule has 1 unspecified atom stereocenters. The number of piperidine rings is 1. The van der Waals surface area contributed by atoms with Crippen molar-refractivity contribution in [1.82, 2.24) is 24.8 Å². The molecule has 2 aromatic heterocycles. The second-order valence-electron chi connectivity index (χ2n) is 6.70. The van der Waals surface area contributed by atoms with Gasteiger partial charge in [-0.15, -0.1) is 0 Å². The van der Waals surface area contributed by atoms with Crippen LogP contribution < -0.4 is 0 Å². The third kappa shape index (κ3) is 2.67. The molecule has 2 aromatic rings. The van der Waals surface area contributed by atoms with Crippen LogP contribution in [0.3, 0.4) is 0 Å². The van der Waals surface area contributed by atoms with Gasteiger partial charge in [0.1, 0.15) is 0 Å². The van der Waals surface area contributed by atoms with Crippen LogP contribution in [0.4, 0.5) is 0 Å². The number of nitrogens with zero attached hydrogens (tertiary/aromatic N) is 5. The molecule has 0 aromatic carbocycles. The van der Waals surface area contributed by atoms with Gasteiger partial charge in [-0.3, -0.25) is 9.58 Å². The molecule has 6 heteroatoms. The van der Waals surface area contributed by atoms with Gasteiger partial charge >= 0.3 is 0 Å². The Kier molecular flexibility index (Phi) is 3.48. The predicted octanol–water partition coefficient (Wildman–Crippen LogP) is 2.62. The fourth-order valence-electron chi connectivity index (χ4n) is 3.35. The first-order valence-corrected chi connectivity index (χ1v) is 8.27. The lowest BCUT2D eigenvalue weighted by molar-refractivity contribution is 0.136. The lowest BCUT2D eigenvalue weighted by atomic mass is 9.91. The van der Waals surface area contributed by atoms with E-state index >= 15 is 0 Å². The van der Waals surface area contributed by atoms with Crippen LogP contribution in [0.2, 0.25) is 0 Å². The fourth-order valence-corrected chi connectivity index (χ4v) is 3.35. The van der Waals surface area contributed by atoms with Crippen LogP contribution in [0.1, 0.15) is 67.8 Å². The molecule has 1 saturated heterocycles. The van der Waals surface area contributed by atoms with Crippen molar-refractivity contribution in [2.45, 2.75) is 50.5 Å². The Bertz CT molecular complexity index is 637. The average molecular weight is 301 g/mol. The van der Waals surface area contributed by atoms with E-state index in [-0.39, 0.29) is 6.04 Å². The van der Waals surface area contributed by atoms with Gasteiger partial charge in [0.2, 0.25) is 5.89 Å². The highest BCUT2D eigenvalue weighted by Gasteiger charge is 2.32. The molecular weight excluding hydrogens is 278 g/mol. The van der Waals surface area contributed by atoms with Crippen LogP contribution in [-0.4, -0.2) is 37.9 Å². The molecular formula is C16H23N5O. The SMILES string of the molecule is CC(c1nc(C2CC2)no1)N1CCC(c2cnn(C)c2)CC1. The van der Waals surface area contributed by atoms with Gasteiger partial charge in [-0.05, 0) is 57.2 Å². The van der Waals surface area contributed by atoms with Crippen LogP contribution in [0.15, 0.2) is 16.9 Å². The Morgan fingerprint density at radius 1 is 1.18 bits per heavy atom. The van der Waals surface area contributed by atoms with Gasteiger partial charge in [-0.2, -0.15) is 10.1 Å². The van der Waals surface area contributed by atoms with Crippen molar-refractivity contribution >= 4 is 0 Å².